The van der Waals surface area contributed by atoms with Crippen molar-refractivity contribution in [2.24, 2.45) is 0 Å². The third-order valence-electron chi connectivity index (χ3n) is 2.75. The van der Waals surface area contributed by atoms with Gasteiger partial charge in [0.15, 0.2) is 5.65 Å². The van der Waals surface area contributed by atoms with Gasteiger partial charge in [0.25, 0.3) is 0 Å². The SMILES string of the molecule is Clc1cnn2ccc(N3CCNCC3)nc12. The van der Waals surface area contributed by atoms with E-state index in [2.05, 4.69) is 20.3 Å². The molecule has 0 amide bonds. The van der Waals surface area contributed by atoms with Crippen LogP contribution in [-0.4, -0.2) is 40.8 Å². The Morgan fingerprint density at radius 2 is 2.12 bits per heavy atom. The molecule has 0 aromatic carbocycles. The van der Waals surface area contributed by atoms with Gasteiger partial charge in [-0.3, -0.25) is 0 Å². The number of hydrogen-bond donors (Lipinski definition) is 1. The van der Waals surface area contributed by atoms with Gasteiger partial charge in [-0.2, -0.15) is 5.10 Å². The Balaban J connectivity index is 1.99. The number of nitrogens with one attached hydrogen (secondary N) is 1. The van der Waals surface area contributed by atoms with E-state index in [9.17, 15) is 0 Å². The highest BCUT2D eigenvalue weighted by molar-refractivity contribution is 6.33. The fourth-order valence-electron chi connectivity index (χ4n) is 1.90. The molecule has 3 rings (SSSR count). The van der Waals surface area contributed by atoms with Crippen molar-refractivity contribution in [3.8, 4) is 0 Å². The smallest absolute Gasteiger partial charge is 0.175 e. The van der Waals surface area contributed by atoms with Crippen molar-refractivity contribution in [3.63, 3.8) is 0 Å². The van der Waals surface area contributed by atoms with Gasteiger partial charge in [-0.1, -0.05) is 11.6 Å². The zero-order valence-corrected chi connectivity index (χ0v) is 9.48. The average molecular weight is 238 g/mol. The van der Waals surface area contributed by atoms with Crippen molar-refractivity contribution in [1.82, 2.24) is 19.9 Å². The van der Waals surface area contributed by atoms with Crippen LogP contribution >= 0.6 is 11.6 Å². The monoisotopic (exact) mass is 237 g/mol. The van der Waals surface area contributed by atoms with Crippen LogP contribution in [0.5, 0.6) is 0 Å². The van der Waals surface area contributed by atoms with Crippen molar-refractivity contribution < 1.29 is 0 Å². The number of aromatic nitrogens is 3. The number of piperazine rings is 1. The van der Waals surface area contributed by atoms with Crippen LogP contribution in [0, 0.1) is 0 Å². The zero-order chi connectivity index (χ0) is 11.0. The number of rotatable bonds is 1. The van der Waals surface area contributed by atoms with Crippen molar-refractivity contribution in [1.29, 1.82) is 0 Å². The topological polar surface area (TPSA) is 45.5 Å². The van der Waals surface area contributed by atoms with Gasteiger partial charge in [-0.15, -0.1) is 0 Å². The van der Waals surface area contributed by atoms with Gasteiger partial charge in [0, 0.05) is 32.4 Å². The van der Waals surface area contributed by atoms with E-state index in [0.29, 0.717) is 5.02 Å². The van der Waals surface area contributed by atoms with Crippen molar-refractivity contribution in [2.75, 3.05) is 31.1 Å². The molecule has 0 saturated carbocycles. The predicted octanol–water partition coefficient (Wildman–Crippen LogP) is 0.792. The number of nitrogens with zero attached hydrogens (tertiary/aromatic N) is 4. The molecule has 2 aromatic rings. The Morgan fingerprint density at radius 1 is 1.31 bits per heavy atom. The van der Waals surface area contributed by atoms with E-state index in [0.717, 1.165) is 37.6 Å². The minimum atomic E-state index is 0.594. The normalized spacial score (nSPS) is 16.9. The summed E-state index contributed by atoms with van der Waals surface area (Å²) in [5, 5.41) is 8.01. The molecule has 2 aromatic heterocycles. The number of fused-ring (bicyclic) bond motifs is 1. The summed E-state index contributed by atoms with van der Waals surface area (Å²) in [6.07, 6.45) is 3.51. The molecule has 0 aliphatic carbocycles. The summed E-state index contributed by atoms with van der Waals surface area (Å²) < 4.78 is 1.69. The summed E-state index contributed by atoms with van der Waals surface area (Å²) in [5.74, 6) is 0.969. The lowest BCUT2D eigenvalue weighted by Crippen LogP contribution is -2.43. The average Bonchev–Trinajstić information content (AvgIpc) is 2.72. The Labute approximate surface area is 98.0 Å². The van der Waals surface area contributed by atoms with Crippen LogP contribution in [0.15, 0.2) is 18.5 Å². The predicted molar refractivity (Wildman–Crippen MR) is 63.1 cm³/mol. The Hall–Kier alpha value is -1.33. The molecule has 1 fully saturated rings. The number of hydrogen-bond acceptors (Lipinski definition) is 4. The van der Waals surface area contributed by atoms with Crippen molar-refractivity contribution in [2.45, 2.75) is 0 Å². The first-order valence-corrected chi connectivity index (χ1v) is 5.68. The summed E-state index contributed by atoms with van der Waals surface area (Å²) >= 11 is 6.01. The molecule has 1 aliphatic heterocycles. The second kappa shape index (κ2) is 3.92. The summed E-state index contributed by atoms with van der Waals surface area (Å²) in [4.78, 5) is 6.77. The van der Waals surface area contributed by atoms with E-state index >= 15 is 0 Å². The van der Waals surface area contributed by atoms with Crippen LogP contribution in [0.2, 0.25) is 5.02 Å². The van der Waals surface area contributed by atoms with Gasteiger partial charge < -0.3 is 10.2 Å². The molecule has 0 unspecified atom stereocenters. The van der Waals surface area contributed by atoms with E-state index in [1.807, 2.05) is 12.3 Å². The maximum Gasteiger partial charge on any atom is 0.175 e. The molecule has 0 spiro atoms. The van der Waals surface area contributed by atoms with Gasteiger partial charge in [0.1, 0.15) is 10.8 Å². The highest BCUT2D eigenvalue weighted by Gasteiger charge is 2.13. The molecular formula is C10H12ClN5. The Kier molecular flexibility index (Phi) is 2.41. The molecule has 0 radical (unpaired) electrons. The van der Waals surface area contributed by atoms with Crippen molar-refractivity contribution >= 4 is 23.1 Å². The van der Waals surface area contributed by atoms with Crippen LogP contribution in [0.3, 0.4) is 0 Å². The maximum atomic E-state index is 6.01. The molecular weight excluding hydrogens is 226 g/mol. The minimum Gasteiger partial charge on any atom is -0.354 e. The summed E-state index contributed by atoms with van der Waals surface area (Å²) in [7, 11) is 0. The Bertz CT molecular complexity index is 503. The summed E-state index contributed by atoms with van der Waals surface area (Å²) in [6.45, 7) is 3.96. The molecule has 6 heteroatoms. The minimum absolute atomic E-state index is 0.594. The Morgan fingerprint density at radius 3 is 2.94 bits per heavy atom. The van der Waals surface area contributed by atoms with Gasteiger partial charge in [-0.25, -0.2) is 9.50 Å². The first-order valence-electron chi connectivity index (χ1n) is 5.30. The molecule has 1 saturated heterocycles. The fraction of sp³-hybridized carbons (Fsp3) is 0.400. The number of anilines is 1. The molecule has 1 N–H and O–H groups in total. The highest BCUT2D eigenvalue weighted by Crippen LogP contribution is 2.18. The lowest BCUT2D eigenvalue weighted by Gasteiger charge is -2.28. The standard InChI is InChI=1S/C10H12ClN5/c11-8-7-13-16-4-1-9(14-10(8)16)15-5-2-12-3-6-15/h1,4,7,12H,2-3,5-6H2. The number of halogens is 1. The molecule has 0 atom stereocenters. The molecule has 1 aliphatic rings. The van der Waals surface area contributed by atoms with E-state index in [1.54, 1.807) is 10.7 Å². The second-order valence-corrected chi connectivity index (χ2v) is 4.19. The fourth-order valence-corrected chi connectivity index (χ4v) is 2.07. The van der Waals surface area contributed by atoms with Crippen LogP contribution in [0.4, 0.5) is 5.82 Å². The lowest BCUT2D eigenvalue weighted by molar-refractivity contribution is 0.585. The van der Waals surface area contributed by atoms with Gasteiger partial charge >= 0.3 is 0 Å². The lowest BCUT2D eigenvalue weighted by atomic mass is 10.3. The largest absolute Gasteiger partial charge is 0.354 e. The first kappa shape index (κ1) is 9.86. The van der Waals surface area contributed by atoms with E-state index in [4.69, 9.17) is 11.6 Å². The molecule has 16 heavy (non-hydrogen) atoms. The van der Waals surface area contributed by atoms with Crippen LogP contribution < -0.4 is 10.2 Å². The molecule has 84 valence electrons. The molecule has 3 heterocycles. The van der Waals surface area contributed by atoms with Crippen LogP contribution in [-0.2, 0) is 0 Å². The summed E-state index contributed by atoms with van der Waals surface area (Å²) in [6, 6.07) is 1.97. The van der Waals surface area contributed by atoms with E-state index in [-0.39, 0.29) is 0 Å². The molecule has 0 bridgehead atoms. The maximum absolute atomic E-state index is 6.01. The van der Waals surface area contributed by atoms with Gasteiger partial charge in [-0.05, 0) is 6.07 Å². The van der Waals surface area contributed by atoms with Gasteiger partial charge in [0.2, 0.25) is 0 Å². The second-order valence-electron chi connectivity index (χ2n) is 3.78. The van der Waals surface area contributed by atoms with E-state index < -0.39 is 0 Å². The third-order valence-corrected chi connectivity index (χ3v) is 3.02. The van der Waals surface area contributed by atoms with Crippen molar-refractivity contribution in [3.05, 3.63) is 23.5 Å². The summed E-state index contributed by atoms with van der Waals surface area (Å²) in [5.41, 5.74) is 0.720. The zero-order valence-electron chi connectivity index (χ0n) is 8.73. The van der Waals surface area contributed by atoms with Gasteiger partial charge in [0.05, 0.1) is 6.20 Å². The third kappa shape index (κ3) is 1.62. The quantitative estimate of drug-likeness (QED) is 0.797. The molecule has 5 nitrogen and oxygen atoms in total. The first-order chi connectivity index (χ1) is 7.84. The highest BCUT2D eigenvalue weighted by atomic mass is 35.5. The van der Waals surface area contributed by atoms with Crippen LogP contribution in [0.25, 0.3) is 5.65 Å². The van der Waals surface area contributed by atoms with Crippen LogP contribution in [0.1, 0.15) is 0 Å². The van der Waals surface area contributed by atoms with E-state index in [1.165, 1.54) is 0 Å².